The maximum Gasteiger partial charge on any atom is 0.312 e. The van der Waals surface area contributed by atoms with Gasteiger partial charge in [-0.3, -0.25) is 4.79 Å². The van der Waals surface area contributed by atoms with Crippen LogP contribution < -0.4 is 16.4 Å². The normalized spacial score (nSPS) is 24.4. The average Bonchev–Trinajstić information content (AvgIpc) is 3.15. The Morgan fingerprint density at radius 2 is 2.00 bits per heavy atom. The molecule has 0 aliphatic carbocycles. The number of nitrogens with one attached hydrogen (secondary N) is 2. The van der Waals surface area contributed by atoms with Crippen LogP contribution in [-0.4, -0.2) is 43.0 Å². The molecule has 3 rings (SSSR count). The molecule has 6 nitrogen and oxygen atoms in total. The van der Waals surface area contributed by atoms with Crippen LogP contribution in [-0.2, 0) is 4.79 Å². The van der Waals surface area contributed by atoms with E-state index in [0.717, 1.165) is 43.9 Å². The second-order valence-corrected chi connectivity index (χ2v) is 7.40. The number of thiophene rings is 1. The van der Waals surface area contributed by atoms with Gasteiger partial charge in [0.2, 0.25) is 5.91 Å². The number of nitrogens with two attached hydrogens (primary N) is 1. The second-order valence-electron chi connectivity index (χ2n) is 6.42. The van der Waals surface area contributed by atoms with Crippen molar-refractivity contribution in [3.8, 4) is 0 Å². The summed E-state index contributed by atoms with van der Waals surface area (Å²) in [5.74, 6) is 1.50. The maximum atomic E-state index is 12.7. The molecule has 1 aromatic rings. The summed E-state index contributed by atoms with van der Waals surface area (Å²) in [6.45, 7) is 3.78. The van der Waals surface area contributed by atoms with Gasteiger partial charge in [-0.1, -0.05) is 6.07 Å². The molecule has 0 spiro atoms. The minimum Gasteiger partial charge on any atom is -0.352 e. The van der Waals surface area contributed by atoms with E-state index in [9.17, 15) is 9.59 Å². The molecule has 2 aliphatic rings. The van der Waals surface area contributed by atoms with Gasteiger partial charge in [0.05, 0.1) is 12.5 Å². The van der Waals surface area contributed by atoms with Crippen LogP contribution in [0.1, 0.15) is 30.2 Å². The van der Waals surface area contributed by atoms with E-state index in [1.807, 2.05) is 22.4 Å². The summed E-state index contributed by atoms with van der Waals surface area (Å²) in [7, 11) is 0. The number of fused-ring (bicyclic) bond motifs is 1. The van der Waals surface area contributed by atoms with E-state index < -0.39 is 6.03 Å². The highest BCUT2D eigenvalue weighted by molar-refractivity contribution is 7.10. The Morgan fingerprint density at radius 3 is 2.54 bits per heavy atom. The smallest absolute Gasteiger partial charge is 0.312 e. The first-order chi connectivity index (χ1) is 11.1. The van der Waals surface area contributed by atoms with Gasteiger partial charge in [-0.05, 0) is 49.2 Å². The molecule has 0 bridgehead atoms. The van der Waals surface area contributed by atoms with E-state index >= 15 is 0 Å². The summed E-state index contributed by atoms with van der Waals surface area (Å²) in [6.07, 6.45) is 2.41. The number of hydrogen-bond donors (Lipinski definition) is 3. The van der Waals surface area contributed by atoms with Gasteiger partial charge in [0.15, 0.2) is 0 Å². The van der Waals surface area contributed by atoms with Crippen molar-refractivity contribution >= 4 is 35.7 Å². The van der Waals surface area contributed by atoms with Crippen LogP contribution in [0.3, 0.4) is 0 Å². The third-order valence-electron chi connectivity index (χ3n) is 4.95. The fraction of sp³-hybridized carbons (Fsp3) is 0.625. The van der Waals surface area contributed by atoms with Crippen molar-refractivity contribution in [3.63, 3.8) is 0 Å². The Bertz CT molecular complexity index is 540. The molecule has 3 atom stereocenters. The summed E-state index contributed by atoms with van der Waals surface area (Å²) in [4.78, 5) is 26.8. The molecule has 134 valence electrons. The van der Waals surface area contributed by atoms with Crippen molar-refractivity contribution in [2.24, 2.45) is 17.6 Å². The minimum absolute atomic E-state index is 0. The molecule has 2 fully saturated rings. The molecular weight excluding hydrogens is 348 g/mol. The van der Waals surface area contributed by atoms with Crippen molar-refractivity contribution in [2.75, 3.05) is 26.2 Å². The molecule has 3 amide bonds. The number of urea groups is 1. The lowest BCUT2D eigenvalue weighted by molar-refractivity contribution is -0.131. The molecule has 0 aromatic carbocycles. The van der Waals surface area contributed by atoms with Gasteiger partial charge in [-0.25, -0.2) is 4.79 Å². The van der Waals surface area contributed by atoms with Crippen molar-refractivity contribution < 1.29 is 9.59 Å². The Labute approximate surface area is 152 Å². The molecule has 4 N–H and O–H groups in total. The molecule has 2 saturated heterocycles. The van der Waals surface area contributed by atoms with E-state index in [-0.39, 0.29) is 30.8 Å². The van der Waals surface area contributed by atoms with E-state index in [4.69, 9.17) is 5.73 Å². The largest absolute Gasteiger partial charge is 0.352 e. The second kappa shape index (κ2) is 8.69. The number of amides is 3. The summed E-state index contributed by atoms with van der Waals surface area (Å²) in [5.41, 5.74) is 5.26. The van der Waals surface area contributed by atoms with E-state index in [1.54, 1.807) is 0 Å². The number of likely N-dealkylation sites (tertiary alicyclic amines) is 1. The topological polar surface area (TPSA) is 87.5 Å². The first-order valence-electron chi connectivity index (χ1n) is 8.21. The van der Waals surface area contributed by atoms with Crippen molar-refractivity contribution in [1.29, 1.82) is 0 Å². The van der Waals surface area contributed by atoms with Crippen LogP contribution in [0.25, 0.3) is 0 Å². The fourth-order valence-corrected chi connectivity index (χ4v) is 4.43. The number of carbonyl (C=O) groups excluding carboxylic acids is 2. The Kier molecular flexibility index (Phi) is 6.89. The van der Waals surface area contributed by atoms with Gasteiger partial charge < -0.3 is 21.3 Å². The van der Waals surface area contributed by atoms with E-state index in [2.05, 4.69) is 10.6 Å². The minimum atomic E-state index is -0.590. The van der Waals surface area contributed by atoms with E-state index in [1.165, 1.54) is 11.3 Å². The Hall–Kier alpha value is -1.31. The molecule has 2 aliphatic heterocycles. The lowest BCUT2D eigenvalue weighted by atomic mass is 9.92. The van der Waals surface area contributed by atoms with Crippen LogP contribution in [0, 0.1) is 11.8 Å². The summed E-state index contributed by atoms with van der Waals surface area (Å²) in [5, 5.41) is 8.08. The summed E-state index contributed by atoms with van der Waals surface area (Å²) >= 11 is 1.53. The van der Waals surface area contributed by atoms with Gasteiger partial charge in [-0.15, -0.1) is 23.7 Å². The number of nitrogens with zero attached hydrogens (tertiary/aromatic N) is 1. The number of carbonyl (C=O) groups is 2. The highest BCUT2D eigenvalue weighted by Crippen LogP contribution is 2.28. The number of primary amides is 1. The summed E-state index contributed by atoms with van der Waals surface area (Å²) in [6, 6.07) is 2.93. The molecule has 0 saturated carbocycles. The monoisotopic (exact) mass is 372 g/mol. The molecular formula is C16H25ClN4O2S. The highest BCUT2D eigenvalue weighted by Gasteiger charge is 2.32. The predicted octanol–water partition coefficient (Wildman–Crippen LogP) is 1.73. The third-order valence-corrected chi connectivity index (χ3v) is 5.94. The van der Waals surface area contributed by atoms with Crippen molar-refractivity contribution in [3.05, 3.63) is 22.4 Å². The molecule has 1 unspecified atom stereocenters. The molecule has 0 radical (unpaired) electrons. The van der Waals surface area contributed by atoms with Crippen LogP contribution in [0.2, 0.25) is 0 Å². The Balaban J connectivity index is 0.00000208. The van der Waals surface area contributed by atoms with Gasteiger partial charge >= 0.3 is 6.03 Å². The lowest BCUT2D eigenvalue weighted by Crippen LogP contribution is -2.38. The van der Waals surface area contributed by atoms with E-state index in [0.29, 0.717) is 11.8 Å². The molecule has 8 heteroatoms. The van der Waals surface area contributed by atoms with Gasteiger partial charge in [0.25, 0.3) is 0 Å². The number of hydrogen-bond acceptors (Lipinski definition) is 4. The molecule has 1 aromatic heterocycles. The van der Waals surface area contributed by atoms with Crippen LogP contribution in [0.4, 0.5) is 4.79 Å². The van der Waals surface area contributed by atoms with Gasteiger partial charge in [0.1, 0.15) is 0 Å². The number of rotatable bonds is 4. The van der Waals surface area contributed by atoms with Gasteiger partial charge in [0, 0.05) is 18.0 Å². The zero-order valence-corrected chi connectivity index (χ0v) is 15.2. The van der Waals surface area contributed by atoms with Crippen LogP contribution in [0.5, 0.6) is 0 Å². The maximum absolute atomic E-state index is 12.7. The van der Waals surface area contributed by atoms with Crippen LogP contribution >= 0.6 is 23.7 Å². The molecule has 24 heavy (non-hydrogen) atoms. The fourth-order valence-electron chi connectivity index (χ4n) is 3.66. The summed E-state index contributed by atoms with van der Waals surface area (Å²) < 4.78 is 0. The molecule has 3 heterocycles. The average molecular weight is 373 g/mol. The first-order valence-corrected chi connectivity index (χ1v) is 9.09. The zero-order valence-electron chi connectivity index (χ0n) is 13.6. The van der Waals surface area contributed by atoms with Crippen LogP contribution in [0.15, 0.2) is 17.5 Å². The third kappa shape index (κ3) is 4.62. The lowest BCUT2D eigenvalue weighted by Gasteiger charge is -2.24. The predicted molar refractivity (Wildman–Crippen MR) is 97.3 cm³/mol. The van der Waals surface area contributed by atoms with Crippen molar-refractivity contribution in [1.82, 2.24) is 15.5 Å². The highest BCUT2D eigenvalue weighted by atomic mass is 35.5. The Morgan fingerprint density at radius 1 is 1.33 bits per heavy atom. The van der Waals surface area contributed by atoms with Crippen molar-refractivity contribution in [2.45, 2.75) is 25.3 Å². The van der Waals surface area contributed by atoms with Gasteiger partial charge in [-0.2, -0.15) is 0 Å². The number of halogens is 1. The SMILES string of the molecule is Cl.NC(=O)NC(CC(=O)N1CC[C@@H]2CNC[C@@H]2CC1)c1cccs1. The standard InChI is InChI=1S/C16H24N4O2S.ClH/c17-16(22)19-13(14-2-1-7-23-14)8-15(21)20-5-3-11-9-18-10-12(11)4-6-20;/h1-2,7,11-13,18H,3-6,8-10H2,(H3,17,19,22);1H/t11-,12+,13?;. The quantitative estimate of drug-likeness (QED) is 0.752. The first kappa shape index (κ1) is 19.0. The zero-order chi connectivity index (χ0) is 16.2.